The maximum Gasteiger partial charge on any atom is 0.418 e. The monoisotopic (exact) mass is 526 g/mol. The number of hydrogen-bond acceptors (Lipinski definition) is 5. The molecule has 2 heterocycles. The summed E-state index contributed by atoms with van der Waals surface area (Å²) in [6.07, 6.45) is 0.779. The average Bonchev–Trinajstić information content (AvgIpc) is 3.49. The Hall–Kier alpha value is -3.72. The van der Waals surface area contributed by atoms with E-state index in [1.807, 2.05) is 12.3 Å². The summed E-state index contributed by atoms with van der Waals surface area (Å²) in [7, 11) is 0. The molecule has 0 atom stereocenters. The normalized spacial score (nSPS) is 15.2. The molecule has 1 fully saturated rings. The van der Waals surface area contributed by atoms with Gasteiger partial charge >= 0.3 is 6.18 Å². The molecular weight excluding hydrogens is 505 g/mol. The fourth-order valence-electron chi connectivity index (χ4n) is 4.29. The van der Waals surface area contributed by atoms with Crippen molar-refractivity contribution in [3.8, 4) is 0 Å². The van der Waals surface area contributed by atoms with Crippen LogP contribution in [0, 0.1) is 5.41 Å². The summed E-state index contributed by atoms with van der Waals surface area (Å²) in [5.41, 5.74) is 1.58. The van der Waals surface area contributed by atoms with Crippen molar-refractivity contribution in [2.24, 2.45) is 10.4 Å². The second-order valence-corrected chi connectivity index (χ2v) is 9.71. The van der Waals surface area contributed by atoms with Crippen LogP contribution in [0.5, 0.6) is 0 Å². The lowest BCUT2D eigenvalue weighted by Crippen LogP contribution is -2.33. The lowest BCUT2D eigenvalue weighted by atomic mass is 9.94. The molecule has 1 amide bonds. The van der Waals surface area contributed by atoms with Gasteiger partial charge < -0.3 is 10.6 Å². The van der Waals surface area contributed by atoms with Crippen LogP contribution in [-0.4, -0.2) is 22.9 Å². The molecule has 1 aliphatic heterocycles. The van der Waals surface area contributed by atoms with Gasteiger partial charge in [0.05, 0.1) is 46.5 Å². The van der Waals surface area contributed by atoms with E-state index in [1.54, 1.807) is 24.3 Å². The van der Waals surface area contributed by atoms with Crippen LogP contribution in [0.25, 0.3) is 0 Å². The Kier molecular flexibility index (Phi) is 6.49. The van der Waals surface area contributed by atoms with E-state index in [2.05, 4.69) is 20.6 Å². The number of Topliss-reactive ketones (excluding diaryl/α,β-unsaturated/α-hetero) is 1. The van der Waals surface area contributed by atoms with Gasteiger partial charge in [-0.05, 0) is 54.8 Å². The van der Waals surface area contributed by atoms with Crippen molar-refractivity contribution in [3.05, 3.63) is 82.1 Å². The quantitative estimate of drug-likeness (QED) is 0.331. The fourth-order valence-corrected chi connectivity index (χ4v) is 4.47. The number of pyridine rings is 1. The summed E-state index contributed by atoms with van der Waals surface area (Å²) in [5, 5.41) is 5.54. The van der Waals surface area contributed by atoms with E-state index in [0.717, 1.165) is 23.7 Å². The number of halogens is 4. The summed E-state index contributed by atoms with van der Waals surface area (Å²) in [6, 6.07) is 12.1. The molecule has 0 bridgehead atoms. The number of anilines is 2. The molecule has 1 aromatic heterocycles. The number of rotatable bonds is 8. The summed E-state index contributed by atoms with van der Waals surface area (Å²) < 4.78 is 40.0. The second-order valence-electron chi connectivity index (χ2n) is 9.27. The van der Waals surface area contributed by atoms with E-state index in [0.29, 0.717) is 29.8 Å². The van der Waals surface area contributed by atoms with Crippen LogP contribution in [-0.2, 0) is 23.9 Å². The number of nitrogens with one attached hydrogen (secondary N) is 2. The Bertz CT molecular complexity index is 1400. The van der Waals surface area contributed by atoms with Crippen LogP contribution in [0.3, 0.4) is 0 Å². The van der Waals surface area contributed by atoms with Crippen LogP contribution in [0.15, 0.2) is 59.7 Å². The van der Waals surface area contributed by atoms with Crippen LogP contribution in [0.4, 0.5) is 30.2 Å². The number of benzene rings is 2. The maximum atomic E-state index is 13.3. The first-order chi connectivity index (χ1) is 17.6. The van der Waals surface area contributed by atoms with Crippen molar-refractivity contribution in [1.29, 1.82) is 0 Å². The van der Waals surface area contributed by atoms with E-state index < -0.39 is 17.2 Å². The number of hydrogen-bond donors (Lipinski definition) is 2. The fraction of sp³-hybridized carbons (Fsp3) is 0.259. The molecule has 37 heavy (non-hydrogen) atoms. The number of amides is 1. The molecule has 0 unspecified atom stereocenters. The zero-order valence-corrected chi connectivity index (χ0v) is 20.3. The van der Waals surface area contributed by atoms with Crippen molar-refractivity contribution in [2.75, 3.05) is 5.32 Å². The molecule has 0 radical (unpaired) electrons. The Morgan fingerprint density at radius 1 is 1.05 bits per heavy atom. The van der Waals surface area contributed by atoms with Crippen molar-refractivity contribution < 1.29 is 22.8 Å². The van der Waals surface area contributed by atoms with Gasteiger partial charge in [0.15, 0.2) is 5.78 Å². The van der Waals surface area contributed by atoms with Gasteiger partial charge in [0.2, 0.25) is 5.91 Å². The molecule has 2 aromatic carbocycles. The molecule has 0 saturated heterocycles. The molecule has 2 aliphatic rings. The molecule has 5 rings (SSSR count). The number of carbonyl (C=O) groups excluding carboxylic acids is 2. The highest BCUT2D eigenvalue weighted by Crippen LogP contribution is 2.50. The van der Waals surface area contributed by atoms with E-state index in [4.69, 9.17) is 11.6 Å². The molecular formula is C27H22ClF3N4O2. The minimum absolute atomic E-state index is 0.0151. The first-order valence-electron chi connectivity index (χ1n) is 11.7. The Labute approximate surface area is 216 Å². The predicted octanol–water partition coefficient (Wildman–Crippen LogP) is 6.43. The van der Waals surface area contributed by atoms with Crippen molar-refractivity contribution >= 4 is 46.6 Å². The van der Waals surface area contributed by atoms with Gasteiger partial charge in [-0.2, -0.15) is 13.2 Å². The first-order valence-corrected chi connectivity index (χ1v) is 12.1. The third-order valence-electron chi connectivity index (χ3n) is 6.60. The number of ketones is 1. The largest absolute Gasteiger partial charge is 0.418 e. The predicted molar refractivity (Wildman–Crippen MR) is 135 cm³/mol. The summed E-state index contributed by atoms with van der Waals surface area (Å²) in [6.45, 7) is 0.136. The third kappa shape index (κ3) is 5.51. The lowest BCUT2D eigenvalue weighted by Gasteiger charge is -2.16. The van der Waals surface area contributed by atoms with Gasteiger partial charge in [-0.3, -0.25) is 19.6 Å². The van der Waals surface area contributed by atoms with Gasteiger partial charge in [-0.25, -0.2) is 0 Å². The van der Waals surface area contributed by atoms with Crippen LogP contribution in [0.2, 0.25) is 5.02 Å². The van der Waals surface area contributed by atoms with Gasteiger partial charge in [0, 0.05) is 29.6 Å². The number of carbonyl (C=O) groups is 2. The van der Waals surface area contributed by atoms with Gasteiger partial charge in [-0.1, -0.05) is 23.7 Å². The minimum atomic E-state index is -4.57. The van der Waals surface area contributed by atoms with Crippen molar-refractivity contribution in [1.82, 2.24) is 10.3 Å². The van der Waals surface area contributed by atoms with Crippen molar-refractivity contribution in [2.45, 2.75) is 38.4 Å². The van der Waals surface area contributed by atoms with Gasteiger partial charge in [-0.15, -0.1) is 0 Å². The lowest BCUT2D eigenvalue weighted by molar-refractivity contribution is -0.137. The highest BCUT2D eigenvalue weighted by atomic mass is 35.5. The van der Waals surface area contributed by atoms with Gasteiger partial charge in [0.25, 0.3) is 0 Å². The van der Waals surface area contributed by atoms with Crippen LogP contribution < -0.4 is 10.6 Å². The molecule has 2 N–H and O–H groups in total. The van der Waals surface area contributed by atoms with Crippen LogP contribution in [0.1, 0.15) is 46.4 Å². The summed E-state index contributed by atoms with van der Waals surface area (Å²) in [4.78, 5) is 34.2. The van der Waals surface area contributed by atoms with Crippen LogP contribution >= 0.6 is 11.6 Å². The number of fused-ring (bicyclic) bond motifs is 1. The molecule has 6 nitrogen and oxygen atoms in total. The molecule has 0 spiro atoms. The van der Waals surface area contributed by atoms with E-state index in [9.17, 15) is 22.8 Å². The number of aliphatic imine (C=N–C) groups is 1. The molecule has 1 aliphatic carbocycles. The Morgan fingerprint density at radius 2 is 1.86 bits per heavy atom. The molecule has 1 saturated carbocycles. The highest BCUT2D eigenvalue weighted by Gasteiger charge is 2.51. The number of nitrogens with zero attached hydrogens (tertiary/aromatic N) is 2. The maximum absolute atomic E-state index is 13.3. The average molecular weight is 527 g/mol. The van der Waals surface area contributed by atoms with E-state index in [1.165, 1.54) is 18.3 Å². The van der Waals surface area contributed by atoms with E-state index in [-0.39, 0.29) is 35.4 Å². The first kappa shape index (κ1) is 25.0. The summed E-state index contributed by atoms with van der Waals surface area (Å²) >= 11 is 5.72. The standard InChI is InChI=1S/C27H22ClF3N4O2/c28-18-3-6-22(21(12-18)27(29,30)31)35-20-5-4-19(33-15-20)14-34-25(37)26(8-9-26)13-24(36)17-2-1-16-7-10-32-23(16)11-17/h1-6,10-12,15,35H,7-9,13-14H2,(H,34,37). The van der Waals surface area contributed by atoms with E-state index >= 15 is 0 Å². The molecule has 190 valence electrons. The smallest absolute Gasteiger partial charge is 0.354 e. The number of alkyl halides is 3. The van der Waals surface area contributed by atoms with Gasteiger partial charge in [0.1, 0.15) is 0 Å². The second kappa shape index (κ2) is 9.63. The topological polar surface area (TPSA) is 83.5 Å². The minimum Gasteiger partial charge on any atom is -0.354 e. The molecule has 3 aromatic rings. The highest BCUT2D eigenvalue weighted by molar-refractivity contribution is 6.30. The third-order valence-corrected chi connectivity index (χ3v) is 6.84. The summed E-state index contributed by atoms with van der Waals surface area (Å²) in [5.74, 6) is -0.299. The zero-order valence-electron chi connectivity index (χ0n) is 19.5. The zero-order chi connectivity index (χ0) is 26.2. The van der Waals surface area contributed by atoms with Crippen molar-refractivity contribution in [3.63, 3.8) is 0 Å². The number of aromatic nitrogens is 1. The Morgan fingerprint density at radius 3 is 2.57 bits per heavy atom. The Balaban J connectivity index is 1.18. The SMILES string of the molecule is O=C(CC1(C(=O)NCc2ccc(Nc3ccc(Cl)cc3C(F)(F)F)cn2)CC1)c1ccc2c(c1)N=CC2. The molecule has 10 heteroatoms.